The first kappa shape index (κ1) is 13.2. The van der Waals surface area contributed by atoms with E-state index in [4.69, 9.17) is 11.6 Å². The third kappa shape index (κ3) is 2.55. The molecule has 4 heteroatoms. The molecule has 2 aromatic heterocycles. The monoisotopic (exact) mass is 285 g/mol. The number of nitrogens with one attached hydrogen (secondary N) is 2. The van der Waals surface area contributed by atoms with Gasteiger partial charge in [0.2, 0.25) is 0 Å². The molecule has 2 heterocycles. The summed E-state index contributed by atoms with van der Waals surface area (Å²) in [4.78, 5) is 7.50. The molecule has 3 rings (SSSR count). The highest BCUT2D eigenvalue weighted by atomic mass is 35.5. The Kier molecular flexibility index (Phi) is 3.72. The van der Waals surface area contributed by atoms with Crippen LogP contribution in [0.15, 0.2) is 48.8 Å². The zero-order valence-corrected chi connectivity index (χ0v) is 12.0. The van der Waals surface area contributed by atoms with Crippen molar-refractivity contribution in [2.75, 3.05) is 0 Å². The molecule has 0 unspecified atom stereocenters. The molecule has 0 saturated carbocycles. The van der Waals surface area contributed by atoms with Crippen molar-refractivity contribution >= 4 is 22.5 Å². The maximum atomic E-state index is 6.40. The van der Waals surface area contributed by atoms with Crippen LogP contribution >= 0.6 is 11.6 Å². The fourth-order valence-corrected chi connectivity index (χ4v) is 2.57. The molecule has 0 spiro atoms. The Morgan fingerprint density at radius 3 is 2.85 bits per heavy atom. The van der Waals surface area contributed by atoms with E-state index in [0.717, 1.165) is 21.6 Å². The molecule has 0 fully saturated rings. The molecule has 20 heavy (non-hydrogen) atoms. The van der Waals surface area contributed by atoms with E-state index < -0.39 is 0 Å². The van der Waals surface area contributed by atoms with Gasteiger partial charge < -0.3 is 10.3 Å². The van der Waals surface area contributed by atoms with Crippen molar-refractivity contribution in [2.24, 2.45) is 0 Å². The number of halogens is 1. The summed E-state index contributed by atoms with van der Waals surface area (Å²) in [6.07, 6.45) is 3.66. The predicted octanol–water partition coefficient (Wildman–Crippen LogP) is 4.07. The number of H-pyrrole nitrogens is 1. The maximum Gasteiger partial charge on any atom is 0.0705 e. The van der Waals surface area contributed by atoms with Gasteiger partial charge in [0.1, 0.15) is 0 Å². The van der Waals surface area contributed by atoms with E-state index in [1.807, 2.05) is 36.5 Å². The van der Waals surface area contributed by atoms with Crippen molar-refractivity contribution in [2.45, 2.75) is 19.5 Å². The standard InChI is InChI=1S/C16H16ClN3/c1-11(12-5-4-8-18-9-12)19-10-15-16(17)13-6-2-3-7-14(13)20-15/h2-9,11,19-20H,10H2,1H3/t11-/m1/s1. The smallest absolute Gasteiger partial charge is 0.0705 e. The Morgan fingerprint density at radius 1 is 1.25 bits per heavy atom. The molecule has 1 aromatic carbocycles. The Labute approximate surface area is 123 Å². The molecular weight excluding hydrogens is 270 g/mol. The van der Waals surface area contributed by atoms with Gasteiger partial charge in [-0.3, -0.25) is 4.98 Å². The second-order valence-electron chi connectivity index (χ2n) is 4.85. The van der Waals surface area contributed by atoms with E-state index in [0.29, 0.717) is 6.54 Å². The van der Waals surface area contributed by atoms with Gasteiger partial charge in [0, 0.05) is 41.6 Å². The Hall–Kier alpha value is -1.84. The third-order valence-electron chi connectivity index (χ3n) is 3.48. The van der Waals surface area contributed by atoms with Gasteiger partial charge >= 0.3 is 0 Å². The first-order valence-electron chi connectivity index (χ1n) is 6.64. The molecule has 0 aliphatic heterocycles. The van der Waals surface area contributed by atoms with Gasteiger partial charge in [-0.25, -0.2) is 0 Å². The van der Waals surface area contributed by atoms with Gasteiger partial charge in [0.25, 0.3) is 0 Å². The molecule has 0 aliphatic carbocycles. The number of fused-ring (bicyclic) bond motifs is 1. The number of rotatable bonds is 4. The minimum Gasteiger partial charge on any atom is -0.356 e. The number of aromatic amines is 1. The number of para-hydroxylation sites is 1. The van der Waals surface area contributed by atoms with Crippen molar-refractivity contribution in [3.8, 4) is 0 Å². The van der Waals surface area contributed by atoms with Crippen LogP contribution in [0.5, 0.6) is 0 Å². The third-order valence-corrected chi connectivity index (χ3v) is 3.92. The lowest BCUT2D eigenvalue weighted by molar-refractivity contribution is 0.568. The SMILES string of the molecule is C[C@@H](NCc1[nH]c2ccccc2c1Cl)c1cccnc1. The van der Waals surface area contributed by atoms with Crippen LogP contribution in [-0.4, -0.2) is 9.97 Å². The van der Waals surface area contributed by atoms with E-state index >= 15 is 0 Å². The molecule has 3 aromatic rings. The number of aromatic nitrogens is 2. The van der Waals surface area contributed by atoms with Gasteiger partial charge in [0.15, 0.2) is 0 Å². The number of nitrogens with zero attached hydrogens (tertiary/aromatic N) is 1. The van der Waals surface area contributed by atoms with Gasteiger partial charge in [0.05, 0.1) is 5.02 Å². The summed E-state index contributed by atoms with van der Waals surface area (Å²) in [6, 6.07) is 12.3. The highest BCUT2D eigenvalue weighted by molar-refractivity contribution is 6.36. The van der Waals surface area contributed by atoms with Crippen molar-refractivity contribution in [1.29, 1.82) is 0 Å². The van der Waals surface area contributed by atoms with Gasteiger partial charge in [-0.05, 0) is 24.6 Å². The summed E-state index contributed by atoms with van der Waals surface area (Å²) >= 11 is 6.40. The van der Waals surface area contributed by atoms with Crippen LogP contribution in [0.2, 0.25) is 5.02 Å². The number of hydrogen-bond donors (Lipinski definition) is 2. The Bertz CT molecular complexity index is 706. The maximum absolute atomic E-state index is 6.40. The topological polar surface area (TPSA) is 40.7 Å². The van der Waals surface area contributed by atoms with Gasteiger partial charge in [-0.2, -0.15) is 0 Å². The van der Waals surface area contributed by atoms with Crippen molar-refractivity contribution in [3.05, 3.63) is 65.1 Å². The number of pyridine rings is 1. The summed E-state index contributed by atoms with van der Waals surface area (Å²) in [5.74, 6) is 0. The van der Waals surface area contributed by atoms with Crippen LogP contribution < -0.4 is 5.32 Å². The molecule has 1 atom stereocenters. The fraction of sp³-hybridized carbons (Fsp3) is 0.188. The summed E-state index contributed by atoms with van der Waals surface area (Å²) < 4.78 is 0. The van der Waals surface area contributed by atoms with E-state index in [1.54, 1.807) is 6.20 Å². The molecule has 102 valence electrons. The zero-order valence-electron chi connectivity index (χ0n) is 11.2. The molecule has 0 aliphatic rings. The van der Waals surface area contributed by atoms with Crippen molar-refractivity contribution in [1.82, 2.24) is 15.3 Å². The van der Waals surface area contributed by atoms with E-state index in [9.17, 15) is 0 Å². The first-order valence-corrected chi connectivity index (χ1v) is 7.02. The molecule has 0 amide bonds. The lowest BCUT2D eigenvalue weighted by Gasteiger charge is -2.13. The minimum absolute atomic E-state index is 0.228. The van der Waals surface area contributed by atoms with Crippen LogP contribution in [0, 0.1) is 0 Å². The Balaban J connectivity index is 1.76. The lowest BCUT2D eigenvalue weighted by atomic mass is 10.1. The molecular formula is C16H16ClN3. The second kappa shape index (κ2) is 5.65. The number of benzene rings is 1. The first-order chi connectivity index (χ1) is 9.75. The van der Waals surface area contributed by atoms with E-state index in [2.05, 4.69) is 28.3 Å². The molecule has 0 radical (unpaired) electrons. The molecule has 3 nitrogen and oxygen atoms in total. The van der Waals surface area contributed by atoms with Gasteiger partial charge in [-0.15, -0.1) is 0 Å². The quantitative estimate of drug-likeness (QED) is 0.759. The van der Waals surface area contributed by atoms with Crippen LogP contribution in [-0.2, 0) is 6.54 Å². The van der Waals surface area contributed by atoms with E-state index in [1.165, 1.54) is 5.56 Å². The normalized spacial score (nSPS) is 12.7. The highest BCUT2D eigenvalue weighted by Gasteiger charge is 2.10. The minimum atomic E-state index is 0.228. The van der Waals surface area contributed by atoms with Crippen LogP contribution in [0.4, 0.5) is 0 Å². The zero-order chi connectivity index (χ0) is 13.9. The Morgan fingerprint density at radius 2 is 2.10 bits per heavy atom. The van der Waals surface area contributed by atoms with Gasteiger partial charge in [-0.1, -0.05) is 35.9 Å². The average molecular weight is 286 g/mol. The highest BCUT2D eigenvalue weighted by Crippen LogP contribution is 2.27. The fourth-order valence-electron chi connectivity index (χ4n) is 2.29. The average Bonchev–Trinajstić information content (AvgIpc) is 2.83. The van der Waals surface area contributed by atoms with Crippen molar-refractivity contribution in [3.63, 3.8) is 0 Å². The van der Waals surface area contributed by atoms with E-state index in [-0.39, 0.29) is 6.04 Å². The van der Waals surface area contributed by atoms with Crippen LogP contribution in [0.1, 0.15) is 24.2 Å². The largest absolute Gasteiger partial charge is 0.356 e. The summed E-state index contributed by atoms with van der Waals surface area (Å²) in [5.41, 5.74) is 3.26. The van der Waals surface area contributed by atoms with Crippen LogP contribution in [0.3, 0.4) is 0 Å². The van der Waals surface area contributed by atoms with Crippen molar-refractivity contribution < 1.29 is 0 Å². The second-order valence-corrected chi connectivity index (χ2v) is 5.23. The summed E-state index contributed by atoms with van der Waals surface area (Å²) in [5, 5.41) is 5.33. The number of hydrogen-bond acceptors (Lipinski definition) is 2. The lowest BCUT2D eigenvalue weighted by Crippen LogP contribution is -2.18. The molecule has 0 saturated heterocycles. The summed E-state index contributed by atoms with van der Waals surface area (Å²) in [7, 11) is 0. The van der Waals surface area contributed by atoms with Crippen LogP contribution in [0.25, 0.3) is 10.9 Å². The summed E-state index contributed by atoms with van der Waals surface area (Å²) in [6.45, 7) is 2.82. The molecule has 2 N–H and O–H groups in total. The molecule has 0 bridgehead atoms. The predicted molar refractivity (Wildman–Crippen MR) is 82.8 cm³/mol.